The van der Waals surface area contributed by atoms with Crippen LogP contribution in [0.25, 0.3) is 0 Å². The SMILES string of the molecule is O=C(NCCN1CCSCC1)c1sccc1C#CCCO. The monoisotopic (exact) mass is 324 g/mol. The highest BCUT2D eigenvalue weighted by Crippen LogP contribution is 2.15. The van der Waals surface area contributed by atoms with Gasteiger partial charge in [-0.1, -0.05) is 11.8 Å². The Hall–Kier alpha value is -1.00. The van der Waals surface area contributed by atoms with Crippen molar-refractivity contribution in [1.29, 1.82) is 0 Å². The minimum atomic E-state index is -0.0512. The fraction of sp³-hybridized carbons (Fsp3) is 0.533. The molecule has 1 aliphatic heterocycles. The van der Waals surface area contributed by atoms with E-state index >= 15 is 0 Å². The molecule has 1 amide bonds. The summed E-state index contributed by atoms with van der Waals surface area (Å²) in [4.78, 5) is 15.2. The zero-order valence-electron chi connectivity index (χ0n) is 11.9. The van der Waals surface area contributed by atoms with Gasteiger partial charge in [0.25, 0.3) is 5.91 Å². The van der Waals surface area contributed by atoms with Crippen molar-refractivity contribution in [2.45, 2.75) is 6.42 Å². The van der Waals surface area contributed by atoms with E-state index in [1.807, 2.05) is 23.2 Å². The second-order valence-corrected chi connectivity index (χ2v) is 6.79. The molecule has 1 aromatic heterocycles. The Bertz CT molecular complexity index is 513. The number of nitrogens with one attached hydrogen (secondary N) is 1. The molecule has 4 nitrogen and oxygen atoms in total. The molecular formula is C15H20N2O2S2. The van der Waals surface area contributed by atoms with Crippen LogP contribution < -0.4 is 5.32 Å². The van der Waals surface area contributed by atoms with E-state index in [4.69, 9.17) is 5.11 Å². The predicted molar refractivity (Wildman–Crippen MR) is 89.0 cm³/mol. The molecule has 0 bridgehead atoms. The highest BCUT2D eigenvalue weighted by molar-refractivity contribution is 7.99. The summed E-state index contributed by atoms with van der Waals surface area (Å²) in [7, 11) is 0. The fourth-order valence-electron chi connectivity index (χ4n) is 2.03. The van der Waals surface area contributed by atoms with Gasteiger partial charge in [-0.05, 0) is 11.4 Å². The molecule has 0 unspecified atom stereocenters. The van der Waals surface area contributed by atoms with E-state index in [2.05, 4.69) is 22.1 Å². The zero-order chi connectivity index (χ0) is 14.9. The van der Waals surface area contributed by atoms with E-state index in [-0.39, 0.29) is 12.5 Å². The van der Waals surface area contributed by atoms with Crippen LogP contribution in [0.3, 0.4) is 0 Å². The molecule has 1 fully saturated rings. The van der Waals surface area contributed by atoms with Gasteiger partial charge in [0.15, 0.2) is 0 Å². The first-order valence-corrected chi connectivity index (χ1v) is 9.10. The first kappa shape index (κ1) is 16.4. The van der Waals surface area contributed by atoms with Gasteiger partial charge >= 0.3 is 0 Å². The average molecular weight is 324 g/mol. The second kappa shape index (κ2) is 9.11. The van der Waals surface area contributed by atoms with Gasteiger partial charge in [-0.15, -0.1) is 11.3 Å². The number of carbonyl (C=O) groups excluding carboxylic acids is 1. The number of aliphatic hydroxyl groups excluding tert-OH is 1. The minimum Gasteiger partial charge on any atom is -0.395 e. The Morgan fingerprint density at radius 3 is 3.00 bits per heavy atom. The smallest absolute Gasteiger partial charge is 0.262 e. The molecule has 0 saturated carbocycles. The lowest BCUT2D eigenvalue weighted by molar-refractivity contribution is 0.0953. The zero-order valence-corrected chi connectivity index (χ0v) is 13.6. The van der Waals surface area contributed by atoms with Gasteiger partial charge in [-0.2, -0.15) is 11.8 Å². The van der Waals surface area contributed by atoms with Crippen molar-refractivity contribution in [3.05, 3.63) is 21.9 Å². The van der Waals surface area contributed by atoms with Gasteiger partial charge in [0, 0.05) is 49.7 Å². The van der Waals surface area contributed by atoms with Crippen LogP contribution in [0.5, 0.6) is 0 Å². The first-order chi connectivity index (χ1) is 10.3. The summed E-state index contributed by atoms with van der Waals surface area (Å²) < 4.78 is 0. The Kier molecular flexibility index (Phi) is 7.10. The second-order valence-electron chi connectivity index (χ2n) is 4.65. The number of nitrogens with zero attached hydrogens (tertiary/aromatic N) is 1. The maximum absolute atomic E-state index is 12.2. The molecule has 1 aliphatic rings. The molecule has 114 valence electrons. The Labute approximate surface area is 133 Å². The van der Waals surface area contributed by atoms with E-state index in [0.29, 0.717) is 17.8 Å². The molecule has 2 heterocycles. The summed E-state index contributed by atoms with van der Waals surface area (Å²) in [5, 5.41) is 13.6. The van der Waals surface area contributed by atoms with E-state index < -0.39 is 0 Å². The van der Waals surface area contributed by atoms with Crippen LogP contribution in [-0.4, -0.2) is 60.2 Å². The fourth-order valence-corrected chi connectivity index (χ4v) is 3.77. The van der Waals surface area contributed by atoms with Crippen LogP contribution in [0.15, 0.2) is 11.4 Å². The molecule has 0 aromatic carbocycles. The molecule has 1 aromatic rings. The summed E-state index contributed by atoms with van der Waals surface area (Å²) in [5.74, 6) is 8.11. The van der Waals surface area contributed by atoms with Crippen LogP contribution in [0.1, 0.15) is 21.7 Å². The van der Waals surface area contributed by atoms with Gasteiger partial charge in [-0.25, -0.2) is 0 Å². The maximum Gasteiger partial charge on any atom is 0.262 e. The highest BCUT2D eigenvalue weighted by Gasteiger charge is 2.13. The van der Waals surface area contributed by atoms with Crippen molar-refractivity contribution in [3.63, 3.8) is 0 Å². The standard InChI is InChI=1S/C15H20N2O2S2/c18-9-2-1-3-13-4-10-21-14(13)15(19)16-5-6-17-7-11-20-12-8-17/h4,10,18H,2,5-9,11-12H2,(H,16,19). The predicted octanol–water partition coefficient (Wildman–Crippen LogP) is 1.26. The number of hydrogen-bond donors (Lipinski definition) is 2. The topological polar surface area (TPSA) is 52.6 Å². The lowest BCUT2D eigenvalue weighted by atomic mass is 10.2. The van der Waals surface area contributed by atoms with Crippen LogP contribution in [-0.2, 0) is 0 Å². The summed E-state index contributed by atoms with van der Waals surface area (Å²) in [6.45, 7) is 3.84. The summed E-state index contributed by atoms with van der Waals surface area (Å²) in [6, 6.07) is 1.85. The molecule has 0 radical (unpaired) electrons. The largest absolute Gasteiger partial charge is 0.395 e. The third-order valence-corrected chi connectivity index (χ3v) is 5.00. The molecule has 1 saturated heterocycles. The number of carbonyl (C=O) groups is 1. The van der Waals surface area contributed by atoms with Gasteiger partial charge in [0.1, 0.15) is 4.88 Å². The van der Waals surface area contributed by atoms with Gasteiger partial charge in [0.05, 0.1) is 6.61 Å². The Morgan fingerprint density at radius 1 is 1.43 bits per heavy atom. The quantitative estimate of drug-likeness (QED) is 0.801. The van der Waals surface area contributed by atoms with E-state index in [1.54, 1.807) is 0 Å². The molecular weight excluding hydrogens is 304 g/mol. The number of rotatable bonds is 5. The molecule has 0 aliphatic carbocycles. The van der Waals surface area contributed by atoms with Crippen molar-refractivity contribution in [2.75, 3.05) is 44.3 Å². The first-order valence-electron chi connectivity index (χ1n) is 7.07. The van der Waals surface area contributed by atoms with Gasteiger partial charge in [-0.3, -0.25) is 9.69 Å². The molecule has 21 heavy (non-hydrogen) atoms. The van der Waals surface area contributed by atoms with Crippen molar-refractivity contribution >= 4 is 29.0 Å². The summed E-state index contributed by atoms with van der Waals surface area (Å²) in [5.41, 5.74) is 0.750. The van der Waals surface area contributed by atoms with Crippen LogP contribution in [0.2, 0.25) is 0 Å². The van der Waals surface area contributed by atoms with Crippen LogP contribution in [0, 0.1) is 11.8 Å². The summed E-state index contributed by atoms with van der Waals surface area (Å²) >= 11 is 3.40. The Balaban J connectivity index is 1.80. The summed E-state index contributed by atoms with van der Waals surface area (Å²) in [6.07, 6.45) is 0.434. The minimum absolute atomic E-state index is 0.0484. The third kappa shape index (κ3) is 5.36. The molecule has 0 atom stereocenters. The molecule has 2 rings (SSSR count). The maximum atomic E-state index is 12.2. The highest BCUT2D eigenvalue weighted by atomic mass is 32.2. The van der Waals surface area contributed by atoms with Gasteiger partial charge < -0.3 is 10.4 Å². The third-order valence-electron chi connectivity index (χ3n) is 3.15. The van der Waals surface area contributed by atoms with E-state index in [0.717, 1.165) is 25.2 Å². The average Bonchev–Trinajstić information content (AvgIpc) is 2.97. The lowest BCUT2D eigenvalue weighted by Gasteiger charge is -2.25. The van der Waals surface area contributed by atoms with E-state index in [1.165, 1.54) is 22.8 Å². The molecule has 2 N–H and O–H groups in total. The normalized spacial score (nSPS) is 15.3. The number of aliphatic hydroxyl groups is 1. The van der Waals surface area contributed by atoms with Crippen LogP contribution >= 0.6 is 23.1 Å². The number of thiophene rings is 1. The van der Waals surface area contributed by atoms with Crippen molar-refractivity contribution < 1.29 is 9.90 Å². The van der Waals surface area contributed by atoms with Crippen LogP contribution in [0.4, 0.5) is 0 Å². The van der Waals surface area contributed by atoms with Crippen molar-refractivity contribution in [3.8, 4) is 11.8 Å². The number of thioether (sulfide) groups is 1. The number of hydrogen-bond acceptors (Lipinski definition) is 5. The molecule has 0 spiro atoms. The van der Waals surface area contributed by atoms with Gasteiger partial charge in [0.2, 0.25) is 0 Å². The van der Waals surface area contributed by atoms with E-state index in [9.17, 15) is 4.79 Å². The van der Waals surface area contributed by atoms with Crippen molar-refractivity contribution in [1.82, 2.24) is 10.2 Å². The number of amides is 1. The van der Waals surface area contributed by atoms with Crippen molar-refractivity contribution in [2.24, 2.45) is 0 Å². The molecule has 6 heteroatoms. The lowest BCUT2D eigenvalue weighted by Crippen LogP contribution is -2.39. The Morgan fingerprint density at radius 2 is 2.24 bits per heavy atom.